The minimum atomic E-state index is -0.488. The first-order valence-electron chi connectivity index (χ1n) is 6.26. The number of benzene rings is 1. The third kappa shape index (κ3) is 2.88. The molecule has 4 heteroatoms. The first-order chi connectivity index (χ1) is 8.58. The summed E-state index contributed by atoms with van der Waals surface area (Å²) in [6, 6.07) is 4.43. The molecule has 2 rings (SSSR count). The van der Waals surface area contributed by atoms with Gasteiger partial charge in [0.05, 0.1) is 17.7 Å². The summed E-state index contributed by atoms with van der Waals surface area (Å²) in [4.78, 5) is 12.0. The van der Waals surface area contributed by atoms with Crippen molar-refractivity contribution in [3.63, 3.8) is 0 Å². The standard InChI is InChI=1S/C14H18FNO2/c1-9-5-6-12(15)11(8-9)14(17)16-10(2)13-4-3-7-18-13/h5-6,8,10,13H,3-4,7H2,1-2H3,(H,16,17). The largest absolute Gasteiger partial charge is 0.376 e. The highest BCUT2D eigenvalue weighted by Crippen LogP contribution is 2.16. The Kier molecular flexibility index (Phi) is 3.97. The number of hydrogen-bond acceptors (Lipinski definition) is 2. The lowest BCUT2D eigenvalue weighted by molar-refractivity contribution is 0.0710. The number of aryl methyl sites for hydroxylation is 1. The van der Waals surface area contributed by atoms with E-state index in [1.807, 2.05) is 13.8 Å². The number of amides is 1. The molecule has 1 aliphatic heterocycles. The van der Waals surface area contributed by atoms with E-state index in [-0.39, 0.29) is 23.6 Å². The van der Waals surface area contributed by atoms with Crippen molar-refractivity contribution in [2.24, 2.45) is 0 Å². The molecule has 1 amide bonds. The van der Waals surface area contributed by atoms with Gasteiger partial charge < -0.3 is 10.1 Å². The number of halogens is 1. The molecule has 0 bridgehead atoms. The Labute approximate surface area is 106 Å². The molecule has 2 unspecified atom stereocenters. The van der Waals surface area contributed by atoms with E-state index in [9.17, 15) is 9.18 Å². The van der Waals surface area contributed by atoms with Crippen LogP contribution < -0.4 is 5.32 Å². The Balaban J connectivity index is 2.04. The predicted octanol–water partition coefficient (Wildman–Crippen LogP) is 2.43. The van der Waals surface area contributed by atoms with E-state index in [4.69, 9.17) is 4.74 Å². The van der Waals surface area contributed by atoms with Gasteiger partial charge in [0, 0.05) is 6.61 Å². The topological polar surface area (TPSA) is 38.3 Å². The minimum Gasteiger partial charge on any atom is -0.376 e. The summed E-state index contributed by atoms with van der Waals surface area (Å²) in [6.07, 6.45) is 2.00. The Morgan fingerprint density at radius 3 is 3.00 bits per heavy atom. The Hall–Kier alpha value is -1.42. The maximum atomic E-state index is 13.6. The Bertz CT molecular complexity index is 441. The van der Waals surface area contributed by atoms with E-state index in [2.05, 4.69) is 5.32 Å². The molecule has 1 aromatic carbocycles. The van der Waals surface area contributed by atoms with Crippen molar-refractivity contribution >= 4 is 5.91 Å². The van der Waals surface area contributed by atoms with Gasteiger partial charge in [-0.05, 0) is 38.8 Å². The molecule has 0 saturated carbocycles. The van der Waals surface area contributed by atoms with Crippen molar-refractivity contribution in [3.05, 3.63) is 35.1 Å². The van der Waals surface area contributed by atoms with Crippen molar-refractivity contribution in [1.82, 2.24) is 5.32 Å². The van der Waals surface area contributed by atoms with Crippen LogP contribution in [0.5, 0.6) is 0 Å². The molecular weight excluding hydrogens is 233 g/mol. The summed E-state index contributed by atoms with van der Waals surface area (Å²) in [5, 5.41) is 2.80. The van der Waals surface area contributed by atoms with Gasteiger partial charge in [-0.1, -0.05) is 11.6 Å². The molecule has 1 aromatic rings. The van der Waals surface area contributed by atoms with Crippen molar-refractivity contribution in [3.8, 4) is 0 Å². The number of nitrogens with one attached hydrogen (secondary N) is 1. The molecule has 0 aromatic heterocycles. The second kappa shape index (κ2) is 5.48. The maximum absolute atomic E-state index is 13.6. The minimum absolute atomic E-state index is 0.0434. The molecule has 0 spiro atoms. The fraction of sp³-hybridized carbons (Fsp3) is 0.500. The monoisotopic (exact) mass is 251 g/mol. The van der Waals surface area contributed by atoms with Gasteiger partial charge in [-0.2, -0.15) is 0 Å². The highest BCUT2D eigenvalue weighted by Gasteiger charge is 2.24. The first-order valence-corrected chi connectivity index (χ1v) is 6.26. The molecule has 98 valence electrons. The van der Waals surface area contributed by atoms with Crippen molar-refractivity contribution in [1.29, 1.82) is 0 Å². The van der Waals surface area contributed by atoms with E-state index in [0.29, 0.717) is 0 Å². The zero-order chi connectivity index (χ0) is 13.1. The third-order valence-corrected chi connectivity index (χ3v) is 3.25. The fourth-order valence-corrected chi connectivity index (χ4v) is 2.19. The van der Waals surface area contributed by atoms with Crippen molar-refractivity contribution < 1.29 is 13.9 Å². The van der Waals surface area contributed by atoms with Crippen molar-refractivity contribution in [2.45, 2.75) is 38.8 Å². The smallest absolute Gasteiger partial charge is 0.254 e. The van der Waals surface area contributed by atoms with Crippen LogP contribution in [-0.2, 0) is 4.74 Å². The average molecular weight is 251 g/mol. The summed E-state index contributed by atoms with van der Waals surface area (Å²) >= 11 is 0. The SMILES string of the molecule is Cc1ccc(F)c(C(=O)NC(C)C2CCCO2)c1. The lowest BCUT2D eigenvalue weighted by Gasteiger charge is -2.20. The van der Waals surface area contributed by atoms with E-state index < -0.39 is 5.82 Å². The Morgan fingerprint density at radius 2 is 2.33 bits per heavy atom. The van der Waals surface area contributed by atoms with E-state index in [0.717, 1.165) is 25.0 Å². The van der Waals surface area contributed by atoms with Crippen LogP contribution in [0.25, 0.3) is 0 Å². The maximum Gasteiger partial charge on any atom is 0.254 e. The molecule has 2 atom stereocenters. The lowest BCUT2D eigenvalue weighted by atomic mass is 10.1. The number of carbonyl (C=O) groups excluding carboxylic acids is 1. The first kappa shape index (κ1) is 13.0. The molecular formula is C14H18FNO2. The summed E-state index contributed by atoms with van der Waals surface area (Å²) < 4.78 is 19.1. The highest BCUT2D eigenvalue weighted by molar-refractivity contribution is 5.94. The van der Waals surface area contributed by atoms with E-state index in [1.165, 1.54) is 6.07 Å². The van der Waals surface area contributed by atoms with Crippen LogP contribution in [0.15, 0.2) is 18.2 Å². The van der Waals surface area contributed by atoms with Gasteiger partial charge in [-0.15, -0.1) is 0 Å². The third-order valence-electron chi connectivity index (χ3n) is 3.25. The van der Waals surface area contributed by atoms with Crippen LogP contribution in [0.2, 0.25) is 0 Å². The van der Waals surface area contributed by atoms with Crippen LogP contribution in [0.4, 0.5) is 4.39 Å². The summed E-state index contributed by atoms with van der Waals surface area (Å²) in [7, 11) is 0. The van der Waals surface area contributed by atoms with Crippen LogP contribution in [-0.4, -0.2) is 24.7 Å². The lowest BCUT2D eigenvalue weighted by Crippen LogP contribution is -2.41. The van der Waals surface area contributed by atoms with Crippen LogP contribution in [0.1, 0.15) is 35.7 Å². The van der Waals surface area contributed by atoms with Gasteiger partial charge >= 0.3 is 0 Å². The highest BCUT2D eigenvalue weighted by atomic mass is 19.1. The molecule has 1 fully saturated rings. The van der Waals surface area contributed by atoms with E-state index >= 15 is 0 Å². The molecule has 0 radical (unpaired) electrons. The van der Waals surface area contributed by atoms with Crippen LogP contribution in [0, 0.1) is 12.7 Å². The van der Waals surface area contributed by atoms with Crippen LogP contribution >= 0.6 is 0 Å². The molecule has 1 saturated heterocycles. The summed E-state index contributed by atoms with van der Waals surface area (Å²) in [5.41, 5.74) is 0.964. The van der Waals surface area contributed by atoms with Crippen molar-refractivity contribution in [2.75, 3.05) is 6.61 Å². The second-order valence-corrected chi connectivity index (χ2v) is 4.80. The molecule has 1 N–H and O–H groups in total. The number of ether oxygens (including phenoxy) is 1. The summed E-state index contributed by atoms with van der Waals surface area (Å²) in [6.45, 7) is 4.46. The number of rotatable bonds is 3. The molecule has 1 heterocycles. The van der Waals surface area contributed by atoms with E-state index in [1.54, 1.807) is 12.1 Å². The zero-order valence-electron chi connectivity index (χ0n) is 10.7. The number of carbonyl (C=O) groups is 1. The second-order valence-electron chi connectivity index (χ2n) is 4.80. The molecule has 0 aliphatic carbocycles. The average Bonchev–Trinajstić information content (AvgIpc) is 2.85. The fourth-order valence-electron chi connectivity index (χ4n) is 2.19. The zero-order valence-corrected chi connectivity index (χ0v) is 10.7. The van der Waals surface area contributed by atoms with Gasteiger partial charge in [0.15, 0.2) is 0 Å². The predicted molar refractivity (Wildman–Crippen MR) is 67.0 cm³/mol. The molecule has 18 heavy (non-hydrogen) atoms. The normalized spacial score (nSPS) is 20.7. The molecule has 3 nitrogen and oxygen atoms in total. The van der Waals surface area contributed by atoms with Gasteiger partial charge in [0.1, 0.15) is 5.82 Å². The number of hydrogen-bond donors (Lipinski definition) is 1. The van der Waals surface area contributed by atoms with Gasteiger partial charge in [-0.25, -0.2) is 4.39 Å². The quantitative estimate of drug-likeness (QED) is 0.896. The molecule has 1 aliphatic rings. The van der Waals surface area contributed by atoms with Gasteiger partial charge in [0.2, 0.25) is 0 Å². The summed E-state index contributed by atoms with van der Waals surface area (Å²) in [5.74, 6) is -0.864. The van der Waals surface area contributed by atoms with Gasteiger partial charge in [-0.3, -0.25) is 4.79 Å². The van der Waals surface area contributed by atoms with Gasteiger partial charge in [0.25, 0.3) is 5.91 Å². The van der Waals surface area contributed by atoms with Crippen LogP contribution in [0.3, 0.4) is 0 Å². The Morgan fingerprint density at radius 1 is 1.56 bits per heavy atom.